The predicted molar refractivity (Wildman–Crippen MR) is 239 cm³/mol. The van der Waals surface area contributed by atoms with Crippen LogP contribution < -0.4 is 15.5 Å². The molecule has 0 aromatic heterocycles. The number of aryl methyl sites for hydroxylation is 1. The maximum atomic E-state index is 10.8. The third-order valence-electron chi connectivity index (χ3n) is 10.5. The third kappa shape index (κ3) is 12.4. The summed E-state index contributed by atoms with van der Waals surface area (Å²) >= 11 is 0. The van der Waals surface area contributed by atoms with Gasteiger partial charge in [0.25, 0.3) is 0 Å². The van der Waals surface area contributed by atoms with Gasteiger partial charge in [-0.2, -0.15) is 0 Å². The Bertz CT molecular complexity index is 1940. The maximum absolute atomic E-state index is 10.8. The summed E-state index contributed by atoms with van der Waals surface area (Å²) in [6.07, 6.45) is 4.34. The highest BCUT2D eigenvalue weighted by atomic mass is 16.3. The minimum Gasteiger partial charge on any atom is -0.507 e. The molecule has 0 fully saturated rings. The molecule has 0 aliphatic carbocycles. The summed E-state index contributed by atoms with van der Waals surface area (Å²) in [5, 5.41) is 18.0. The smallest absolute Gasteiger partial charge is 0.122 e. The Morgan fingerprint density at radius 1 is 0.600 bits per heavy atom. The molecule has 292 valence electrons. The molecule has 3 N–H and O–H groups in total. The van der Waals surface area contributed by atoms with E-state index in [0.717, 1.165) is 59.7 Å². The van der Waals surface area contributed by atoms with Crippen molar-refractivity contribution in [3.05, 3.63) is 143 Å². The molecule has 0 saturated heterocycles. The second-order valence-corrected chi connectivity index (χ2v) is 18.8. The number of phenolic OH excluding ortho intramolecular Hbond substituents is 1. The molecule has 0 amide bonds. The minimum absolute atomic E-state index is 0.128. The fraction of sp³-hybridized carbons (Fsp3) is 0.412. The number of hydrogen-bond acceptors (Lipinski definition) is 4. The molecule has 0 bridgehead atoms. The van der Waals surface area contributed by atoms with Crippen LogP contribution in [0, 0.1) is 24.2 Å². The zero-order chi connectivity index (χ0) is 39.9. The Morgan fingerprint density at radius 3 is 1.51 bits per heavy atom. The molecule has 0 saturated carbocycles. The lowest BCUT2D eigenvalue weighted by Gasteiger charge is -2.33. The number of nitrogens with zero attached hydrogens (tertiary/aromatic N) is 1. The van der Waals surface area contributed by atoms with Crippen molar-refractivity contribution in [2.45, 2.75) is 120 Å². The summed E-state index contributed by atoms with van der Waals surface area (Å²) in [5.41, 5.74) is 12.9. The van der Waals surface area contributed by atoms with E-state index in [4.69, 9.17) is 0 Å². The first-order chi connectivity index (χ1) is 25.9. The number of rotatable bonds is 15. The lowest BCUT2D eigenvalue weighted by atomic mass is 9.83. The molecule has 0 radical (unpaired) electrons. The van der Waals surface area contributed by atoms with Crippen LogP contribution in [0.15, 0.2) is 109 Å². The topological polar surface area (TPSA) is 47.5 Å². The lowest BCUT2D eigenvalue weighted by molar-refractivity contribution is 0.306. The van der Waals surface area contributed by atoms with Crippen LogP contribution >= 0.6 is 0 Å². The van der Waals surface area contributed by atoms with E-state index in [1.54, 1.807) is 0 Å². The second-order valence-electron chi connectivity index (χ2n) is 18.8. The van der Waals surface area contributed by atoms with Gasteiger partial charge in [0.05, 0.1) is 0 Å². The van der Waals surface area contributed by atoms with Gasteiger partial charge in [-0.3, -0.25) is 0 Å². The first-order valence-corrected chi connectivity index (χ1v) is 20.4. The van der Waals surface area contributed by atoms with E-state index in [1.165, 1.54) is 34.4 Å². The SMILES string of the molecule is Cc1cc(CN(c2ccc(Cc3ccc(Nc4ccc(Nc5ccc(CC(C)CC(C)(C)C)cc5)cc4)cc3)cc2)C(C)CC(C)C)cc(C(C)(C)C)c1O. The molecule has 5 aromatic rings. The molecule has 0 aliphatic rings. The Kier molecular flexibility index (Phi) is 13.4. The number of benzene rings is 5. The van der Waals surface area contributed by atoms with Crippen LogP contribution in [0.25, 0.3) is 0 Å². The fourth-order valence-electron chi connectivity index (χ4n) is 7.99. The van der Waals surface area contributed by atoms with Gasteiger partial charge < -0.3 is 20.6 Å². The minimum atomic E-state index is -0.128. The van der Waals surface area contributed by atoms with E-state index in [0.29, 0.717) is 29.0 Å². The normalized spacial score (nSPS) is 13.1. The van der Waals surface area contributed by atoms with Gasteiger partial charge in [0, 0.05) is 41.0 Å². The number of aromatic hydroxyl groups is 1. The van der Waals surface area contributed by atoms with Crippen LogP contribution in [0.3, 0.4) is 0 Å². The summed E-state index contributed by atoms with van der Waals surface area (Å²) in [7, 11) is 0. The largest absolute Gasteiger partial charge is 0.507 e. The highest BCUT2D eigenvalue weighted by Crippen LogP contribution is 2.35. The van der Waals surface area contributed by atoms with Crippen LogP contribution in [-0.4, -0.2) is 11.1 Å². The molecule has 2 unspecified atom stereocenters. The molecule has 55 heavy (non-hydrogen) atoms. The predicted octanol–water partition coefficient (Wildman–Crippen LogP) is 14.1. The Balaban J connectivity index is 1.17. The van der Waals surface area contributed by atoms with Gasteiger partial charge in [-0.25, -0.2) is 0 Å². The van der Waals surface area contributed by atoms with Crippen molar-refractivity contribution in [2.75, 3.05) is 15.5 Å². The Morgan fingerprint density at radius 2 is 1.05 bits per heavy atom. The summed E-state index contributed by atoms with van der Waals surface area (Å²) in [5.74, 6) is 1.69. The number of anilines is 5. The highest BCUT2D eigenvalue weighted by Gasteiger charge is 2.23. The maximum Gasteiger partial charge on any atom is 0.122 e. The molecule has 4 nitrogen and oxygen atoms in total. The standard InChI is InChI=1S/C51H67N3O/c1-35(2)28-38(5)54(34-42-30-37(4)49(55)48(32-42)51(9,10)11)47-26-16-41(17-27-47)31-40-14-20-44(21-15-40)53-46-24-22-45(23-25-46)52-43-18-12-39(13-19-43)29-36(3)33-50(6,7)8/h12-27,30,32,35-36,38,52-53,55H,28-29,31,33-34H2,1-11H3. The van der Waals surface area contributed by atoms with Gasteiger partial charge >= 0.3 is 0 Å². The molecular weight excluding hydrogens is 671 g/mol. The van der Waals surface area contributed by atoms with Crippen molar-refractivity contribution in [1.82, 2.24) is 0 Å². The van der Waals surface area contributed by atoms with E-state index in [1.807, 2.05) is 6.92 Å². The van der Waals surface area contributed by atoms with Crippen molar-refractivity contribution in [2.24, 2.45) is 17.3 Å². The van der Waals surface area contributed by atoms with E-state index in [9.17, 15) is 5.11 Å². The van der Waals surface area contributed by atoms with E-state index >= 15 is 0 Å². The zero-order valence-electron chi connectivity index (χ0n) is 35.6. The summed E-state index contributed by atoms with van der Waals surface area (Å²) < 4.78 is 0. The number of phenols is 1. The summed E-state index contributed by atoms with van der Waals surface area (Å²) in [4.78, 5) is 2.53. The highest BCUT2D eigenvalue weighted by molar-refractivity contribution is 5.66. The molecule has 5 aromatic carbocycles. The van der Waals surface area contributed by atoms with Gasteiger partial charge in [0.1, 0.15) is 5.75 Å². The first-order valence-electron chi connectivity index (χ1n) is 20.4. The molecule has 0 heterocycles. The quantitative estimate of drug-likeness (QED) is 0.100. The van der Waals surface area contributed by atoms with E-state index < -0.39 is 0 Å². The number of nitrogens with one attached hydrogen (secondary N) is 2. The van der Waals surface area contributed by atoms with Gasteiger partial charge in [-0.1, -0.05) is 105 Å². The second kappa shape index (κ2) is 17.8. The van der Waals surface area contributed by atoms with E-state index in [-0.39, 0.29) is 5.41 Å². The Labute approximate surface area is 333 Å². The summed E-state index contributed by atoms with van der Waals surface area (Å²) in [6, 6.07) is 40.0. The molecule has 4 heteroatoms. The van der Waals surface area contributed by atoms with Gasteiger partial charge in [-0.15, -0.1) is 0 Å². The van der Waals surface area contributed by atoms with Crippen molar-refractivity contribution in [3.8, 4) is 5.75 Å². The van der Waals surface area contributed by atoms with Crippen LogP contribution in [0.4, 0.5) is 28.4 Å². The molecule has 5 rings (SSSR count). The van der Waals surface area contributed by atoms with Crippen molar-refractivity contribution in [3.63, 3.8) is 0 Å². The van der Waals surface area contributed by atoms with Crippen LogP contribution in [-0.2, 0) is 24.8 Å². The summed E-state index contributed by atoms with van der Waals surface area (Å²) in [6.45, 7) is 25.6. The monoisotopic (exact) mass is 738 g/mol. The Hall–Kier alpha value is -4.70. The van der Waals surface area contributed by atoms with Crippen molar-refractivity contribution in [1.29, 1.82) is 0 Å². The average Bonchev–Trinajstić information content (AvgIpc) is 3.10. The molecule has 2 atom stereocenters. The van der Waals surface area contributed by atoms with Crippen molar-refractivity contribution >= 4 is 28.4 Å². The van der Waals surface area contributed by atoms with E-state index in [2.05, 4.69) is 194 Å². The fourth-order valence-corrected chi connectivity index (χ4v) is 7.99. The third-order valence-corrected chi connectivity index (χ3v) is 10.5. The van der Waals surface area contributed by atoms with Gasteiger partial charge in [-0.05, 0) is 162 Å². The average molecular weight is 738 g/mol. The zero-order valence-corrected chi connectivity index (χ0v) is 35.6. The van der Waals surface area contributed by atoms with Gasteiger partial charge in [0.15, 0.2) is 0 Å². The molecule has 0 aliphatic heterocycles. The van der Waals surface area contributed by atoms with Crippen LogP contribution in [0.5, 0.6) is 5.75 Å². The molecular formula is C51H67N3O. The lowest BCUT2D eigenvalue weighted by Crippen LogP contribution is -2.33. The van der Waals surface area contributed by atoms with Crippen molar-refractivity contribution < 1.29 is 5.11 Å². The number of hydrogen-bond donors (Lipinski definition) is 3. The van der Waals surface area contributed by atoms with Gasteiger partial charge in [0.2, 0.25) is 0 Å². The first kappa shape index (κ1) is 41.5. The van der Waals surface area contributed by atoms with Crippen LogP contribution in [0.1, 0.15) is 115 Å². The molecule has 0 spiro atoms. The van der Waals surface area contributed by atoms with Crippen LogP contribution in [0.2, 0.25) is 0 Å².